The molecule has 0 spiro atoms. The van der Waals surface area contributed by atoms with Gasteiger partial charge in [-0.2, -0.15) is 0 Å². The van der Waals surface area contributed by atoms with E-state index in [0.717, 1.165) is 13.0 Å². The van der Waals surface area contributed by atoms with Crippen molar-refractivity contribution in [3.8, 4) is 0 Å². The first-order chi connectivity index (χ1) is 15.2. The van der Waals surface area contributed by atoms with E-state index in [1.165, 1.54) is 86.6 Å². The van der Waals surface area contributed by atoms with Crippen molar-refractivity contribution in [3.63, 3.8) is 0 Å². The Bertz CT molecular complexity index is 1010. The number of fused-ring (bicyclic) bond motifs is 1. The van der Waals surface area contributed by atoms with Crippen molar-refractivity contribution < 1.29 is 9.53 Å². The van der Waals surface area contributed by atoms with Crippen molar-refractivity contribution in [3.05, 3.63) is 70.9 Å². The Kier molecular flexibility index (Phi) is 7.08. The zero-order valence-corrected chi connectivity index (χ0v) is 18.9. The summed E-state index contributed by atoms with van der Waals surface area (Å²) in [6.45, 7) is 7.12. The number of piperidine rings is 1. The second-order valence-electron chi connectivity index (χ2n) is 8.71. The van der Waals surface area contributed by atoms with E-state index in [9.17, 15) is 4.79 Å². The average Bonchev–Trinajstić information content (AvgIpc) is 3.08. The van der Waals surface area contributed by atoms with Crippen molar-refractivity contribution in [2.75, 3.05) is 26.7 Å². The van der Waals surface area contributed by atoms with Gasteiger partial charge < -0.3 is 14.2 Å². The maximum atomic E-state index is 11.7. The molecule has 1 aliphatic heterocycles. The number of esters is 1. The third kappa shape index (κ3) is 5.01. The normalized spacial score (nSPS) is 14.8. The van der Waals surface area contributed by atoms with Gasteiger partial charge in [-0.25, -0.2) is 4.79 Å². The molecule has 0 saturated carbocycles. The summed E-state index contributed by atoms with van der Waals surface area (Å²) < 4.78 is 7.32. The highest BCUT2D eigenvalue weighted by Crippen LogP contribution is 2.28. The molecule has 2 aromatic carbocycles. The fraction of sp³-hybridized carbons (Fsp3) is 0.444. The van der Waals surface area contributed by atoms with Gasteiger partial charge in [0.05, 0.1) is 12.7 Å². The molecule has 1 aromatic heterocycles. The summed E-state index contributed by atoms with van der Waals surface area (Å²) in [7, 11) is 1.42. The largest absolute Gasteiger partial charge is 0.465 e. The predicted molar refractivity (Wildman–Crippen MR) is 127 cm³/mol. The van der Waals surface area contributed by atoms with E-state index in [-0.39, 0.29) is 5.97 Å². The lowest BCUT2D eigenvalue weighted by molar-refractivity contribution is 0.0600. The van der Waals surface area contributed by atoms with Crippen molar-refractivity contribution in [1.29, 1.82) is 0 Å². The average molecular weight is 419 g/mol. The molecule has 0 bridgehead atoms. The molecule has 2 heterocycles. The van der Waals surface area contributed by atoms with Crippen LogP contribution in [0.25, 0.3) is 10.9 Å². The minimum atomic E-state index is -0.288. The van der Waals surface area contributed by atoms with E-state index in [1.54, 1.807) is 0 Å². The fourth-order valence-corrected chi connectivity index (χ4v) is 4.88. The van der Waals surface area contributed by atoms with Gasteiger partial charge in [-0.1, -0.05) is 36.8 Å². The standard InChI is InChI=1S/C27H34N2O2/c1-21-25(20-22-12-14-23(15-13-22)27(30)31-2)24-10-4-5-11-26(24)29(21)19-9-8-18-28-16-6-3-7-17-28/h4-5,10-15H,3,6-9,16-20H2,1-2H3. The number of aryl methyl sites for hydroxylation is 1. The first-order valence-electron chi connectivity index (χ1n) is 11.6. The number of aromatic nitrogens is 1. The van der Waals surface area contributed by atoms with E-state index in [4.69, 9.17) is 4.74 Å². The van der Waals surface area contributed by atoms with Crippen molar-refractivity contribution in [2.45, 2.75) is 52.0 Å². The number of hydrogen-bond acceptors (Lipinski definition) is 3. The number of likely N-dealkylation sites (tertiary alicyclic amines) is 1. The van der Waals surface area contributed by atoms with E-state index in [0.29, 0.717) is 5.56 Å². The van der Waals surface area contributed by atoms with Crippen molar-refractivity contribution in [1.82, 2.24) is 9.47 Å². The molecular formula is C27H34N2O2. The first-order valence-corrected chi connectivity index (χ1v) is 11.6. The van der Waals surface area contributed by atoms with Gasteiger partial charge in [0.1, 0.15) is 0 Å². The molecule has 4 rings (SSSR count). The molecule has 0 radical (unpaired) electrons. The third-order valence-corrected chi connectivity index (χ3v) is 6.67. The van der Waals surface area contributed by atoms with E-state index >= 15 is 0 Å². The van der Waals surface area contributed by atoms with Crippen LogP contribution in [0.15, 0.2) is 48.5 Å². The molecule has 1 fully saturated rings. The molecule has 1 aliphatic rings. The molecule has 0 N–H and O–H groups in total. The van der Waals surface area contributed by atoms with Crippen molar-refractivity contribution >= 4 is 16.9 Å². The Labute approximate surface area is 185 Å². The molecular weight excluding hydrogens is 384 g/mol. The number of hydrogen-bond donors (Lipinski definition) is 0. The molecule has 0 amide bonds. The topological polar surface area (TPSA) is 34.5 Å². The number of para-hydroxylation sites is 1. The molecule has 4 heteroatoms. The van der Waals surface area contributed by atoms with E-state index < -0.39 is 0 Å². The van der Waals surface area contributed by atoms with Gasteiger partial charge >= 0.3 is 5.97 Å². The minimum absolute atomic E-state index is 0.288. The number of ether oxygens (including phenoxy) is 1. The van der Waals surface area contributed by atoms with Crippen LogP contribution < -0.4 is 0 Å². The van der Waals surface area contributed by atoms with Gasteiger partial charge in [0, 0.05) is 23.1 Å². The van der Waals surface area contributed by atoms with Gasteiger partial charge in [-0.05, 0) is 88.0 Å². The Balaban J connectivity index is 1.47. The highest BCUT2D eigenvalue weighted by Gasteiger charge is 2.15. The van der Waals surface area contributed by atoms with Crippen LogP contribution in [0.1, 0.15) is 59.3 Å². The monoisotopic (exact) mass is 418 g/mol. The number of unbranched alkanes of at least 4 members (excludes halogenated alkanes) is 1. The minimum Gasteiger partial charge on any atom is -0.465 e. The zero-order chi connectivity index (χ0) is 21.6. The molecule has 4 nitrogen and oxygen atoms in total. The Morgan fingerprint density at radius 2 is 1.65 bits per heavy atom. The summed E-state index contributed by atoms with van der Waals surface area (Å²) in [4.78, 5) is 14.3. The lowest BCUT2D eigenvalue weighted by Crippen LogP contribution is -2.30. The van der Waals surface area contributed by atoms with Gasteiger partial charge in [0.15, 0.2) is 0 Å². The lowest BCUT2D eigenvalue weighted by atomic mass is 10.0. The summed E-state index contributed by atoms with van der Waals surface area (Å²) in [5.74, 6) is -0.288. The second kappa shape index (κ2) is 10.1. The Morgan fingerprint density at radius 1 is 0.935 bits per heavy atom. The maximum absolute atomic E-state index is 11.7. The number of nitrogens with zero attached hydrogens (tertiary/aromatic N) is 2. The Hall–Kier alpha value is -2.59. The van der Waals surface area contributed by atoms with Crippen molar-refractivity contribution in [2.24, 2.45) is 0 Å². The number of carbonyl (C=O) groups excluding carboxylic acids is 1. The molecule has 0 aliphatic carbocycles. The number of rotatable bonds is 8. The van der Waals surface area contributed by atoms with Gasteiger partial charge in [-0.3, -0.25) is 0 Å². The molecule has 164 valence electrons. The molecule has 31 heavy (non-hydrogen) atoms. The van der Waals surface area contributed by atoms with Crippen LogP contribution >= 0.6 is 0 Å². The van der Waals surface area contributed by atoms with Crippen LogP contribution in [0.2, 0.25) is 0 Å². The molecule has 1 saturated heterocycles. The van der Waals surface area contributed by atoms with Crippen LogP contribution in [-0.4, -0.2) is 42.2 Å². The third-order valence-electron chi connectivity index (χ3n) is 6.67. The first kappa shape index (κ1) is 21.6. The van der Waals surface area contributed by atoms with Gasteiger partial charge in [0.25, 0.3) is 0 Å². The van der Waals surface area contributed by atoms with E-state index in [2.05, 4.69) is 40.7 Å². The second-order valence-corrected chi connectivity index (χ2v) is 8.71. The lowest BCUT2D eigenvalue weighted by Gasteiger charge is -2.26. The number of carbonyl (C=O) groups is 1. The van der Waals surface area contributed by atoms with Gasteiger partial charge in [0.2, 0.25) is 0 Å². The smallest absolute Gasteiger partial charge is 0.337 e. The quantitative estimate of drug-likeness (QED) is 0.353. The number of benzene rings is 2. The summed E-state index contributed by atoms with van der Waals surface area (Å²) in [6, 6.07) is 16.5. The fourth-order valence-electron chi connectivity index (χ4n) is 4.88. The molecule has 0 atom stereocenters. The van der Waals surface area contributed by atoms with Crippen LogP contribution in [0.3, 0.4) is 0 Å². The highest BCUT2D eigenvalue weighted by molar-refractivity contribution is 5.89. The molecule has 3 aromatic rings. The highest BCUT2D eigenvalue weighted by atomic mass is 16.5. The summed E-state index contributed by atoms with van der Waals surface area (Å²) in [5.41, 5.74) is 5.88. The van der Waals surface area contributed by atoms with Crippen LogP contribution in [-0.2, 0) is 17.7 Å². The summed E-state index contributed by atoms with van der Waals surface area (Å²) in [5, 5.41) is 1.34. The zero-order valence-electron chi connectivity index (χ0n) is 18.9. The summed E-state index contributed by atoms with van der Waals surface area (Å²) >= 11 is 0. The van der Waals surface area contributed by atoms with E-state index in [1.807, 2.05) is 24.3 Å². The Morgan fingerprint density at radius 3 is 2.39 bits per heavy atom. The van der Waals surface area contributed by atoms with Crippen LogP contribution in [0.4, 0.5) is 0 Å². The van der Waals surface area contributed by atoms with Crippen LogP contribution in [0, 0.1) is 6.92 Å². The number of methoxy groups -OCH3 is 1. The van der Waals surface area contributed by atoms with Gasteiger partial charge in [-0.15, -0.1) is 0 Å². The molecule has 0 unspecified atom stereocenters. The summed E-state index contributed by atoms with van der Waals surface area (Å²) in [6.07, 6.45) is 7.48. The van der Waals surface area contributed by atoms with Crippen LogP contribution in [0.5, 0.6) is 0 Å². The predicted octanol–water partition coefficient (Wildman–Crippen LogP) is 5.59. The SMILES string of the molecule is COC(=O)c1ccc(Cc2c(C)n(CCCCN3CCCCC3)c3ccccc23)cc1. The maximum Gasteiger partial charge on any atom is 0.337 e.